The van der Waals surface area contributed by atoms with E-state index in [9.17, 15) is 4.79 Å². The first-order valence-electron chi connectivity index (χ1n) is 7.60. The molecule has 2 rings (SSSR count). The number of hydrogen-bond donors (Lipinski definition) is 1. The van der Waals surface area contributed by atoms with Gasteiger partial charge < -0.3 is 10.2 Å². The van der Waals surface area contributed by atoms with Crippen LogP contribution in [0.15, 0.2) is 48.7 Å². The van der Waals surface area contributed by atoms with Gasteiger partial charge in [-0.05, 0) is 36.6 Å². The summed E-state index contributed by atoms with van der Waals surface area (Å²) in [4.78, 5) is 18.2. The van der Waals surface area contributed by atoms with E-state index < -0.39 is 0 Å². The van der Waals surface area contributed by atoms with E-state index in [2.05, 4.69) is 41.5 Å². The molecule has 1 atom stereocenters. The van der Waals surface area contributed by atoms with Crippen molar-refractivity contribution in [3.8, 4) is 0 Å². The first-order chi connectivity index (χ1) is 10.6. The van der Waals surface area contributed by atoms with Gasteiger partial charge in [0, 0.05) is 19.8 Å². The number of nitrogens with zero attached hydrogens (tertiary/aromatic N) is 2. The third kappa shape index (κ3) is 4.32. The monoisotopic (exact) mass is 297 g/mol. The van der Waals surface area contributed by atoms with Crippen LogP contribution in [-0.4, -0.2) is 23.0 Å². The zero-order valence-corrected chi connectivity index (χ0v) is 13.4. The maximum absolute atomic E-state index is 12.2. The molecule has 0 fully saturated rings. The summed E-state index contributed by atoms with van der Waals surface area (Å²) in [5, 5.41) is 2.96. The summed E-state index contributed by atoms with van der Waals surface area (Å²) in [7, 11) is 1.80. The number of aromatic nitrogens is 1. The predicted molar refractivity (Wildman–Crippen MR) is 88.5 cm³/mol. The average molecular weight is 297 g/mol. The second-order valence-corrected chi connectivity index (χ2v) is 5.45. The molecule has 22 heavy (non-hydrogen) atoms. The molecule has 0 aliphatic heterocycles. The summed E-state index contributed by atoms with van der Waals surface area (Å²) in [6.07, 6.45) is 2.76. The Labute approximate surface area is 132 Å². The fourth-order valence-corrected chi connectivity index (χ4v) is 2.23. The van der Waals surface area contributed by atoms with Crippen LogP contribution in [0.2, 0.25) is 0 Å². The smallest absolute Gasteiger partial charge is 0.317 e. The minimum absolute atomic E-state index is 0.0993. The zero-order valence-electron chi connectivity index (χ0n) is 13.4. The lowest BCUT2D eigenvalue weighted by Gasteiger charge is -2.21. The van der Waals surface area contributed by atoms with Crippen LogP contribution in [0.4, 0.5) is 4.79 Å². The molecule has 2 amide bonds. The Kier molecular flexibility index (Phi) is 5.53. The van der Waals surface area contributed by atoms with Crippen LogP contribution in [0.5, 0.6) is 0 Å². The van der Waals surface area contributed by atoms with E-state index >= 15 is 0 Å². The van der Waals surface area contributed by atoms with Gasteiger partial charge in [0.05, 0.1) is 11.7 Å². The van der Waals surface area contributed by atoms with Gasteiger partial charge >= 0.3 is 6.03 Å². The number of carbonyl (C=O) groups is 1. The Balaban J connectivity index is 1.91. The van der Waals surface area contributed by atoms with Crippen LogP contribution < -0.4 is 5.32 Å². The van der Waals surface area contributed by atoms with E-state index in [0.29, 0.717) is 6.54 Å². The molecule has 116 valence electrons. The molecule has 0 unspecified atom stereocenters. The Morgan fingerprint density at radius 2 is 1.86 bits per heavy atom. The molecule has 0 aliphatic rings. The first-order valence-corrected chi connectivity index (χ1v) is 7.60. The van der Waals surface area contributed by atoms with Crippen LogP contribution in [0.1, 0.15) is 36.7 Å². The second kappa shape index (κ2) is 7.59. The van der Waals surface area contributed by atoms with Crippen LogP contribution in [0, 0.1) is 0 Å². The number of urea groups is 1. The zero-order chi connectivity index (χ0) is 15.9. The lowest BCUT2D eigenvalue weighted by Crippen LogP contribution is -2.38. The number of carbonyl (C=O) groups excluding carboxylic acids is 1. The molecular formula is C18H23N3O. The van der Waals surface area contributed by atoms with Crippen molar-refractivity contribution in [2.24, 2.45) is 0 Å². The SMILES string of the molecule is CCc1ccc(CN(C)C(=O)N[C@H](C)c2ccccn2)cc1. The predicted octanol–water partition coefficient (Wildman–Crippen LogP) is 3.55. The summed E-state index contributed by atoms with van der Waals surface area (Å²) in [6.45, 7) is 4.66. The van der Waals surface area contributed by atoms with Crippen molar-refractivity contribution < 1.29 is 4.79 Å². The van der Waals surface area contributed by atoms with E-state index in [-0.39, 0.29) is 12.1 Å². The van der Waals surface area contributed by atoms with Crippen molar-refractivity contribution >= 4 is 6.03 Å². The van der Waals surface area contributed by atoms with Gasteiger partial charge in [0.2, 0.25) is 0 Å². The van der Waals surface area contributed by atoms with E-state index in [1.807, 2.05) is 25.1 Å². The van der Waals surface area contributed by atoms with Crippen molar-refractivity contribution in [1.82, 2.24) is 15.2 Å². The van der Waals surface area contributed by atoms with Gasteiger partial charge in [-0.25, -0.2) is 4.79 Å². The van der Waals surface area contributed by atoms with Crippen LogP contribution in [0.25, 0.3) is 0 Å². The van der Waals surface area contributed by atoms with Crippen molar-refractivity contribution in [2.45, 2.75) is 32.9 Å². The number of amides is 2. The highest BCUT2D eigenvalue weighted by molar-refractivity contribution is 5.74. The highest BCUT2D eigenvalue weighted by Crippen LogP contribution is 2.10. The standard InChI is InChI=1S/C18H23N3O/c1-4-15-8-10-16(11-9-15)13-21(3)18(22)20-14(2)17-7-5-6-12-19-17/h5-12,14H,4,13H2,1-3H3,(H,20,22)/t14-/m1/s1. The van der Waals surface area contributed by atoms with E-state index in [1.165, 1.54) is 5.56 Å². The van der Waals surface area contributed by atoms with E-state index in [4.69, 9.17) is 0 Å². The maximum Gasteiger partial charge on any atom is 0.317 e. The molecule has 4 nitrogen and oxygen atoms in total. The van der Waals surface area contributed by atoms with Gasteiger partial charge in [0.15, 0.2) is 0 Å². The minimum atomic E-state index is -0.112. The maximum atomic E-state index is 12.2. The number of hydrogen-bond acceptors (Lipinski definition) is 2. The van der Waals surface area contributed by atoms with Gasteiger partial charge in [-0.1, -0.05) is 37.3 Å². The molecule has 1 N–H and O–H groups in total. The fourth-order valence-electron chi connectivity index (χ4n) is 2.23. The Hall–Kier alpha value is -2.36. The summed E-state index contributed by atoms with van der Waals surface area (Å²) in [5.41, 5.74) is 3.29. The number of nitrogens with one attached hydrogen (secondary N) is 1. The Bertz CT molecular complexity index is 595. The molecule has 0 bridgehead atoms. The lowest BCUT2D eigenvalue weighted by molar-refractivity contribution is 0.203. The van der Waals surface area contributed by atoms with Crippen molar-refractivity contribution in [2.75, 3.05) is 7.05 Å². The molecule has 0 spiro atoms. The van der Waals surface area contributed by atoms with E-state index in [1.54, 1.807) is 18.1 Å². The molecule has 0 saturated carbocycles. The molecule has 0 aliphatic carbocycles. The highest BCUT2D eigenvalue weighted by atomic mass is 16.2. The normalized spacial score (nSPS) is 11.8. The van der Waals surface area contributed by atoms with Gasteiger partial charge in [0.25, 0.3) is 0 Å². The van der Waals surface area contributed by atoms with Crippen molar-refractivity contribution in [1.29, 1.82) is 0 Å². The average Bonchev–Trinajstić information content (AvgIpc) is 2.56. The lowest BCUT2D eigenvalue weighted by atomic mass is 10.1. The number of pyridine rings is 1. The molecular weight excluding hydrogens is 274 g/mol. The summed E-state index contributed by atoms with van der Waals surface area (Å²) >= 11 is 0. The third-order valence-electron chi connectivity index (χ3n) is 3.67. The van der Waals surface area contributed by atoms with Crippen molar-refractivity contribution in [3.05, 3.63) is 65.5 Å². The Morgan fingerprint density at radius 1 is 1.18 bits per heavy atom. The minimum Gasteiger partial charge on any atom is -0.330 e. The second-order valence-electron chi connectivity index (χ2n) is 5.45. The third-order valence-corrected chi connectivity index (χ3v) is 3.67. The summed E-state index contributed by atoms with van der Waals surface area (Å²) < 4.78 is 0. The van der Waals surface area contributed by atoms with E-state index in [0.717, 1.165) is 17.7 Å². The molecule has 4 heteroatoms. The van der Waals surface area contributed by atoms with Gasteiger partial charge in [-0.2, -0.15) is 0 Å². The number of rotatable bonds is 5. The van der Waals surface area contributed by atoms with Gasteiger partial charge in [-0.15, -0.1) is 0 Å². The molecule has 0 saturated heterocycles. The highest BCUT2D eigenvalue weighted by Gasteiger charge is 2.14. The Morgan fingerprint density at radius 3 is 2.45 bits per heavy atom. The van der Waals surface area contributed by atoms with Crippen LogP contribution in [0.3, 0.4) is 0 Å². The molecule has 1 aromatic heterocycles. The van der Waals surface area contributed by atoms with Crippen LogP contribution >= 0.6 is 0 Å². The van der Waals surface area contributed by atoms with Crippen LogP contribution in [-0.2, 0) is 13.0 Å². The fraction of sp³-hybridized carbons (Fsp3) is 0.333. The summed E-state index contributed by atoms with van der Waals surface area (Å²) in [5.74, 6) is 0. The van der Waals surface area contributed by atoms with Crippen molar-refractivity contribution in [3.63, 3.8) is 0 Å². The molecule has 1 aromatic carbocycles. The molecule has 1 heterocycles. The quantitative estimate of drug-likeness (QED) is 0.917. The van der Waals surface area contributed by atoms with Gasteiger partial charge in [0.1, 0.15) is 0 Å². The molecule has 0 radical (unpaired) electrons. The largest absolute Gasteiger partial charge is 0.330 e. The topological polar surface area (TPSA) is 45.2 Å². The molecule has 2 aromatic rings. The number of aryl methyl sites for hydroxylation is 1. The van der Waals surface area contributed by atoms with Gasteiger partial charge in [-0.3, -0.25) is 4.98 Å². The summed E-state index contributed by atoms with van der Waals surface area (Å²) in [6, 6.07) is 13.9. The number of benzene rings is 1. The first kappa shape index (κ1) is 16.0.